The summed E-state index contributed by atoms with van der Waals surface area (Å²) in [6, 6.07) is 15.4. The largest absolute Gasteiger partial charge is 0.497 e. The molecule has 0 saturated heterocycles. The number of carboxylic acid groups (broad SMARTS) is 2. The van der Waals surface area contributed by atoms with Crippen molar-refractivity contribution in [2.24, 2.45) is 0 Å². The van der Waals surface area contributed by atoms with Crippen molar-refractivity contribution < 1.29 is 24.5 Å². The van der Waals surface area contributed by atoms with Crippen molar-refractivity contribution in [3.63, 3.8) is 0 Å². The number of hydrogen-bond donors (Lipinski definition) is 3. The summed E-state index contributed by atoms with van der Waals surface area (Å²) in [6.07, 6.45) is 2.21. The molecule has 4 rings (SSSR count). The molecule has 8 heteroatoms. The molecule has 1 atom stereocenters. The van der Waals surface area contributed by atoms with Crippen molar-refractivity contribution in [3.05, 3.63) is 71.1 Å². The van der Waals surface area contributed by atoms with E-state index in [0.29, 0.717) is 18.1 Å². The molecule has 0 amide bonds. The van der Waals surface area contributed by atoms with E-state index >= 15 is 0 Å². The first kappa shape index (κ1) is 22.3. The highest BCUT2D eigenvalue weighted by Gasteiger charge is 2.23. The minimum atomic E-state index is -1.26. The third-order valence-corrected chi connectivity index (χ3v) is 5.85. The quantitative estimate of drug-likeness (QED) is 0.517. The Kier molecular flexibility index (Phi) is 7.28. The molecule has 1 unspecified atom stereocenters. The van der Waals surface area contributed by atoms with E-state index < -0.39 is 11.9 Å². The van der Waals surface area contributed by atoms with Crippen LogP contribution < -0.4 is 10.2 Å². The van der Waals surface area contributed by atoms with Gasteiger partial charge in [0.25, 0.3) is 0 Å². The van der Waals surface area contributed by atoms with Gasteiger partial charge in [-0.1, -0.05) is 12.1 Å². The van der Waals surface area contributed by atoms with Gasteiger partial charge in [0.1, 0.15) is 5.75 Å². The number of ether oxygens (including phenoxy) is 1. The Bertz CT molecular complexity index is 1090. The molecule has 2 heterocycles. The summed E-state index contributed by atoms with van der Waals surface area (Å²) in [5.74, 6) is -1.23. The number of methoxy groups -OCH3 is 1. The molecule has 1 aliphatic rings. The number of fused-ring (bicyclic) bond motifs is 2. The zero-order valence-electron chi connectivity index (χ0n) is 17.2. The van der Waals surface area contributed by atoms with Gasteiger partial charge >= 0.3 is 11.9 Å². The molecule has 0 fully saturated rings. The number of carbonyl (C=O) groups is 2. The van der Waals surface area contributed by atoms with Crippen LogP contribution in [0.15, 0.2) is 60.0 Å². The number of rotatable bonds is 4. The van der Waals surface area contributed by atoms with Crippen LogP contribution in [0.5, 0.6) is 5.75 Å². The fourth-order valence-electron chi connectivity index (χ4n) is 3.49. The van der Waals surface area contributed by atoms with E-state index in [-0.39, 0.29) is 0 Å². The second-order valence-corrected chi connectivity index (χ2v) is 8.00. The average molecular weight is 441 g/mol. The number of nitrogens with one attached hydrogen (secondary N) is 1. The van der Waals surface area contributed by atoms with E-state index in [9.17, 15) is 9.59 Å². The molecule has 31 heavy (non-hydrogen) atoms. The summed E-state index contributed by atoms with van der Waals surface area (Å²) < 4.78 is 6.74. The first-order chi connectivity index (χ1) is 14.9. The molecule has 1 aliphatic heterocycles. The lowest BCUT2D eigenvalue weighted by molar-refractivity contribution is -0.134. The SMILES string of the molecule is COc1ccc2c(c1)NN(C)CCC2c1ccc2sccc2c1.O=C(O)/C=C\C(=O)O. The maximum atomic E-state index is 9.55. The van der Waals surface area contributed by atoms with Gasteiger partial charge in [-0.3, -0.25) is 0 Å². The predicted molar refractivity (Wildman–Crippen MR) is 122 cm³/mol. The van der Waals surface area contributed by atoms with Crippen LogP contribution in [0.25, 0.3) is 10.1 Å². The monoisotopic (exact) mass is 440 g/mol. The Morgan fingerprint density at radius 3 is 2.55 bits per heavy atom. The van der Waals surface area contributed by atoms with Gasteiger partial charge in [-0.25, -0.2) is 14.6 Å². The Balaban J connectivity index is 0.000000293. The first-order valence-electron chi connectivity index (χ1n) is 9.64. The zero-order valence-corrected chi connectivity index (χ0v) is 18.1. The van der Waals surface area contributed by atoms with E-state index in [2.05, 4.69) is 65.3 Å². The van der Waals surface area contributed by atoms with Crippen LogP contribution in [-0.2, 0) is 9.59 Å². The Morgan fingerprint density at radius 2 is 1.87 bits per heavy atom. The normalized spacial score (nSPS) is 16.0. The van der Waals surface area contributed by atoms with Crippen molar-refractivity contribution in [2.45, 2.75) is 12.3 Å². The topological polar surface area (TPSA) is 99.1 Å². The number of anilines is 1. The van der Waals surface area contributed by atoms with Crippen LogP contribution >= 0.6 is 11.3 Å². The minimum Gasteiger partial charge on any atom is -0.497 e. The maximum Gasteiger partial charge on any atom is 0.328 e. The van der Waals surface area contributed by atoms with Gasteiger partial charge in [0.2, 0.25) is 0 Å². The van der Waals surface area contributed by atoms with Gasteiger partial charge in [-0.15, -0.1) is 11.3 Å². The van der Waals surface area contributed by atoms with Crippen molar-refractivity contribution in [3.8, 4) is 5.75 Å². The van der Waals surface area contributed by atoms with Crippen molar-refractivity contribution >= 4 is 39.0 Å². The summed E-state index contributed by atoms with van der Waals surface area (Å²) in [6.45, 7) is 1.00. The summed E-state index contributed by atoms with van der Waals surface area (Å²) in [7, 11) is 3.80. The number of carboxylic acids is 2. The van der Waals surface area contributed by atoms with Crippen molar-refractivity contribution in [1.29, 1.82) is 0 Å². The van der Waals surface area contributed by atoms with E-state index in [1.165, 1.54) is 21.2 Å². The zero-order chi connectivity index (χ0) is 22.4. The van der Waals surface area contributed by atoms with E-state index in [0.717, 1.165) is 24.4 Å². The summed E-state index contributed by atoms with van der Waals surface area (Å²) >= 11 is 1.80. The van der Waals surface area contributed by atoms with Crippen LogP contribution in [0.1, 0.15) is 23.5 Å². The molecule has 7 nitrogen and oxygen atoms in total. The Hall–Kier alpha value is -3.36. The fourth-order valence-corrected chi connectivity index (χ4v) is 4.26. The highest BCUT2D eigenvalue weighted by Crippen LogP contribution is 2.38. The molecular formula is C23H24N2O5S. The molecule has 3 N–H and O–H groups in total. The van der Waals surface area contributed by atoms with Crippen LogP contribution in [0.4, 0.5) is 5.69 Å². The highest BCUT2D eigenvalue weighted by atomic mass is 32.1. The summed E-state index contributed by atoms with van der Waals surface area (Å²) in [5, 5.41) is 21.3. The third kappa shape index (κ3) is 5.84. The second kappa shape index (κ2) is 10.1. The summed E-state index contributed by atoms with van der Waals surface area (Å²) in [5.41, 5.74) is 7.35. The Labute approximate surface area is 184 Å². The molecule has 162 valence electrons. The Morgan fingerprint density at radius 1 is 1.13 bits per heavy atom. The van der Waals surface area contributed by atoms with Crippen LogP contribution in [0.2, 0.25) is 0 Å². The number of aliphatic carboxylic acids is 2. The fraction of sp³-hybridized carbons (Fsp3) is 0.217. The molecule has 0 radical (unpaired) electrons. The smallest absolute Gasteiger partial charge is 0.328 e. The standard InChI is InChI=1S/C19H20N2OS.C4H4O4/c1-21-9-7-16(13-3-6-19-14(11-13)8-10-23-19)17-5-4-15(22-2)12-18(17)20-21;5-3(6)1-2-4(7)8/h3-6,8,10-12,16,20H,7,9H2,1-2H3;1-2H,(H,5,6)(H,7,8)/b;2-1-. The van der Waals surface area contributed by atoms with Gasteiger partial charge in [0, 0.05) is 42.4 Å². The number of thiophene rings is 1. The molecule has 0 aliphatic carbocycles. The molecule has 1 aromatic heterocycles. The lowest BCUT2D eigenvalue weighted by Crippen LogP contribution is -2.25. The van der Waals surface area contributed by atoms with E-state index in [4.69, 9.17) is 14.9 Å². The molecule has 0 bridgehead atoms. The molecule has 3 aromatic rings. The number of nitrogens with zero attached hydrogens (tertiary/aromatic N) is 1. The van der Waals surface area contributed by atoms with Gasteiger partial charge in [-0.05, 0) is 52.6 Å². The predicted octanol–water partition coefficient (Wildman–Crippen LogP) is 4.42. The molecule has 0 spiro atoms. The maximum absolute atomic E-state index is 9.55. The van der Waals surface area contributed by atoms with Gasteiger partial charge in [0.05, 0.1) is 12.8 Å². The van der Waals surface area contributed by atoms with Crippen LogP contribution in [-0.4, -0.2) is 47.9 Å². The lowest BCUT2D eigenvalue weighted by Gasteiger charge is -2.18. The van der Waals surface area contributed by atoms with Crippen LogP contribution in [0.3, 0.4) is 0 Å². The molecular weight excluding hydrogens is 416 g/mol. The van der Waals surface area contributed by atoms with E-state index in [1.807, 2.05) is 0 Å². The second-order valence-electron chi connectivity index (χ2n) is 7.06. The number of benzene rings is 2. The number of hydrogen-bond acceptors (Lipinski definition) is 6. The van der Waals surface area contributed by atoms with Crippen molar-refractivity contribution in [1.82, 2.24) is 5.01 Å². The first-order valence-corrected chi connectivity index (χ1v) is 10.5. The summed E-state index contributed by atoms with van der Waals surface area (Å²) in [4.78, 5) is 19.1. The number of hydrazine groups is 1. The van der Waals surface area contributed by atoms with Gasteiger partial charge in [-0.2, -0.15) is 0 Å². The van der Waals surface area contributed by atoms with Gasteiger partial charge in [0.15, 0.2) is 0 Å². The van der Waals surface area contributed by atoms with Crippen LogP contribution in [0, 0.1) is 0 Å². The van der Waals surface area contributed by atoms with Crippen molar-refractivity contribution in [2.75, 3.05) is 26.1 Å². The highest BCUT2D eigenvalue weighted by molar-refractivity contribution is 7.17. The minimum absolute atomic E-state index is 0.401. The van der Waals surface area contributed by atoms with E-state index in [1.54, 1.807) is 18.4 Å². The average Bonchev–Trinajstić information content (AvgIpc) is 3.14. The molecule has 0 saturated carbocycles. The third-order valence-electron chi connectivity index (χ3n) is 4.95. The molecule has 2 aromatic carbocycles. The lowest BCUT2D eigenvalue weighted by atomic mass is 9.87. The van der Waals surface area contributed by atoms with Gasteiger partial charge < -0.3 is 20.4 Å².